The first kappa shape index (κ1) is 10.8. The van der Waals surface area contributed by atoms with Crippen molar-refractivity contribution in [1.29, 1.82) is 0 Å². The van der Waals surface area contributed by atoms with E-state index in [-0.39, 0.29) is 0 Å². The number of guanidine groups is 1. The van der Waals surface area contributed by atoms with Crippen molar-refractivity contribution in [3.8, 4) is 0 Å². The van der Waals surface area contributed by atoms with Gasteiger partial charge in [0.2, 0.25) is 0 Å². The minimum atomic E-state index is 0.327. The molecule has 2 rings (SSSR count). The van der Waals surface area contributed by atoms with Crippen LogP contribution in [0.4, 0.5) is 0 Å². The van der Waals surface area contributed by atoms with Crippen LogP contribution in [-0.4, -0.2) is 18.0 Å². The van der Waals surface area contributed by atoms with Gasteiger partial charge in [-0.3, -0.25) is 0 Å². The number of hydrogen-bond acceptors (Lipinski definition) is 1. The summed E-state index contributed by atoms with van der Waals surface area (Å²) in [7, 11) is 0. The molecule has 2 fully saturated rings. The van der Waals surface area contributed by atoms with Crippen molar-refractivity contribution in [1.82, 2.24) is 5.32 Å². The van der Waals surface area contributed by atoms with Gasteiger partial charge in [-0.25, -0.2) is 4.99 Å². The Morgan fingerprint density at radius 3 is 2.60 bits per heavy atom. The van der Waals surface area contributed by atoms with E-state index in [0.29, 0.717) is 23.5 Å². The summed E-state index contributed by atoms with van der Waals surface area (Å²) >= 11 is 0. The van der Waals surface area contributed by atoms with Gasteiger partial charge in [0.1, 0.15) is 0 Å². The van der Waals surface area contributed by atoms with Gasteiger partial charge < -0.3 is 11.1 Å². The van der Waals surface area contributed by atoms with Crippen molar-refractivity contribution in [3.05, 3.63) is 0 Å². The molecule has 0 aromatic carbocycles. The van der Waals surface area contributed by atoms with E-state index in [9.17, 15) is 0 Å². The summed E-state index contributed by atoms with van der Waals surface area (Å²) in [6.45, 7) is 4.62. The van der Waals surface area contributed by atoms with Gasteiger partial charge >= 0.3 is 0 Å². The van der Waals surface area contributed by atoms with E-state index in [1.165, 1.54) is 38.5 Å². The second kappa shape index (κ2) is 4.03. The molecular weight excluding hydrogens is 186 g/mol. The van der Waals surface area contributed by atoms with E-state index in [2.05, 4.69) is 24.2 Å². The summed E-state index contributed by atoms with van der Waals surface area (Å²) in [5, 5.41) is 3.27. The lowest BCUT2D eigenvalue weighted by atomic mass is 9.73. The highest BCUT2D eigenvalue weighted by atomic mass is 15.1. The molecule has 0 radical (unpaired) electrons. The summed E-state index contributed by atoms with van der Waals surface area (Å²) in [5.41, 5.74) is 6.23. The van der Waals surface area contributed by atoms with Crippen LogP contribution in [0.5, 0.6) is 0 Å². The Morgan fingerprint density at radius 2 is 2.00 bits per heavy atom. The van der Waals surface area contributed by atoms with Crippen molar-refractivity contribution in [2.75, 3.05) is 0 Å². The van der Waals surface area contributed by atoms with Gasteiger partial charge in [0, 0.05) is 6.04 Å². The van der Waals surface area contributed by atoms with E-state index >= 15 is 0 Å². The predicted molar refractivity (Wildman–Crippen MR) is 63.8 cm³/mol. The maximum atomic E-state index is 5.91. The summed E-state index contributed by atoms with van der Waals surface area (Å²) < 4.78 is 0. The molecule has 1 unspecified atom stereocenters. The summed E-state index contributed by atoms with van der Waals surface area (Å²) in [6, 6.07) is 1.03. The predicted octanol–water partition coefficient (Wildman–Crippen LogP) is 2.02. The highest BCUT2D eigenvalue weighted by Gasteiger charge is 2.32. The molecule has 0 spiro atoms. The molecule has 0 aromatic rings. The van der Waals surface area contributed by atoms with Gasteiger partial charge in [0.05, 0.1) is 6.04 Å². The molecular formula is C12H23N3. The van der Waals surface area contributed by atoms with Crippen LogP contribution < -0.4 is 11.1 Å². The van der Waals surface area contributed by atoms with Crippen LogP contribution in [0.15, 0.2) is 4.99 Å². The molecule has 3 heteroatoms. The average Bonchev–Trinajstić information content (AvgIpc) is 2.92. The summed E-state index contributed by atoms with van der Waals surface area (Å²) in [5.74, 6) is 0.664. The zero-order chi connectivity index (χ0) is 10.9. The Morgan fingerprint density at radius 1 is 1.27 bits per heavy atom. The third-order valence-corrected chi connectivity index (χ3v) is 3.68. The molecule has 0 amide bonds. The molecule has 1 atom stereocenters. The highest BCUT2D eigenvalue weighted by Crippen LogP contribution is 2.37. The SMILES string of the molecule is CC1(C)CCCCC1N=C(N)NC1CC1. The Bertz CT molecular complexity index is 254. The molecule has 3 N–H and O–H groups in total. The number of aliphatic imine (C=N–C) groups is 1. The minimum Gasteiger partial charge on any atom is -0.370 e. The molecule has 0 aliphatic heterocycles. The number of nitrogens with two attached hydrogens (primary N) is 1. The summed E-state index contributed by atoms with van der Waals surface area (Å²) in [4.78, 5) is 4.65. The van der Waals surface area contributed by atoms with Crippen LogP contribution in [0.2, 0.25) is 0 Å². The third kappa shape index (κ3) is 2.86. The molecule has 15 heavy (non-hydrogen) atoms. The first-order chi connectivity index (χ1) is 7.08. The van der Waals surface area contributed by atoms with E-state index in [1.54, 1.807) is 0 Å². The Hall–Kier alpha value is -0.730. The lowest BCUT2D eigenvalue weighted by Crippen LogP contribution is -2.39. The van der Waals surface area contributed by atoms with Gasteiger partial charge in [0.15, 0.2) is 5.96 Å². The standard InChI is InChI=1S/C12H23N3/c1-12(2)8-4-3-5-10(12)15-11(13)14-9-6-7-9/h9-10H,3-8H2,1-2H3,(H3,13,14,15). The molecule has 86 valence electrons. The molecule has 0 bridgehead atoms. The fraction of sp³-hybridized carbons (Fsp3) is 0.917. The van der Waals surface area contributed by atoms with Crippen LogP contribution >= 0.6 is 0 Å². The first-order valence-corrected chi connectivity index (χ1v) is 6.18. The maximum absolute atomic E-state index is 5.91. The Labute approximate surface area is 92.5 Å². The van der Waals surface area contributed by atoms with Crippen LogP contribution in [0.25, 0.3) is 0 Å². The smallest absolute Gasteiger partial charge is 0.189 e. The van der Waals surface area contributed by atoms with E-state index in [0.717, 1.165) is 0 Å². The average molecular weight is 209 g/mol. The van der Waals surface area contributed by atoms with Gasteiger partial charge in [-0.1, -0.05) is 26.7 Å². The lowest BCUT2D eigenvalue weighted by molar-refractivity contribution is 0.203. The maximum Gasteiger partial charge on any atom is 0.189 e. The van der Waals surface area contributed by atoms with Crippen molar-refractivity contribution in [3.63, 3.8) is 0 Å². The second-order valence-electron chi connectivity index (χ2n) is 5.68. The number of hydrogen-bond donors (Lipinski definition) is 2. The fourth-order valence-electron chi connectivity index (χ4n) is 2.36. The van der Waals surface area contributed by atoms with Crippen molar-refractivity contribution in [2.45, 2.75) is 64.5 Å². The van der Waals surface area contributed by atoms with E-state index < -0.39 is 0 Å². The van der Waals surface area contributed by atoms with Crippen LogP contribution in [0.1, 0.15) is 52.4 Å². The van der Waals surface area contributed by atoms with Crippen molar-refractivity contribution < 1.29 is 0 Å². The van der Waals surface area contributed by atoms with Crippen LogP contribution in [0, 0.1) is 5.41 Å². The molecule has 2 aliphatic rings. The van der Waals surface area contributed by atoms with E-state index in [1.807, 2.05) is 0 Å². The molecule has 0 heterocycles. The normalized spacial score (nSPS) is 31.3. The highest BCUT2D eigenvalue weighted by molar-refractivity contribution is 5.78. The van der Waals surface area contributed by atoms with Crippen LogP contribution in [-0.2, 0) is 0 Å². The Kier molecular flexibility index (Phi) is 2.89. The van der Waals surface area contributed by atoms with Crippen molar-refractivity contribution >= 4 is 5.96 Å². The fourth-order valence-corrected chi connectivity index (χ4v) is 2.36. The largest absolute Gasteiger partial charge is 0.370 e. The molecule has 3 nitrogen and oxygen atoms in total. The van der Waals surface area contributed by atoms with Gasteiger partial charge in [-0.2, -0.15) is 0 Å². The molecule has 2 saturated carbocycles. The topological polar surface area (TPSA) is 50.4 Å². The quantitative estimate of drug-likeness (QED) is 0.540. The summed E-state index contributed by atoms with van der Waals surface area (Å²) in [6.07, 6.45) is 7.62. The van der Waals surface area contributed by atoms with Gasteiger partial charge in [-0.05, 0) is 31.1 Å². The number of nitrogens with zero attached hydrogens (tertiary/aromatic N) is 1. The third-order valence-electron chi connectivity index (χ3n) is 3.68. The van der Waals surface area contributed by atoms with Crippen LogP contribution in [0.3, 0.4) is 0 Å². The van der Waals surface area contributed by atoms with Crippen molar-refractivity contribution in [2.24, 2.45) is 16.1 Å². The lowest BCUT2D eigenvalue weighted by Gasteiger charge is -2.36. The molecule has 0 aromatic heterocycles. The zero-order valence-corrected chi connectivity index (χ0v) is 9.92. The number of nitrogens with one attached hydrogen (secondary N) is 1. The number of rotatable bonds is 2. The molecule has 0 saturated heterocycles. The monoisotopic (exact) mass is 209 g/mol. The van der Waals surface area contributed by atoms with E-state index in [4.69, 9.17) is 5.73 Å². The first-order valence-electron chi connectivity index (χ1n) is 6.18. The van der Waals surface area contributed by atoms with Gasteiger partial charge in [0.25, 0.3) is 0 Å². The van der Waals surface area contributed by atoms with Gasteiger partial charge in [-0.15, -0.1) is 0 Å². The zero-order valence-electron chi connectivity index (χ0n) is 9.92. The second-order valence-corrected chi connectivity index (χ2v) is 5.68. The molecule has 2 aliphatic carbocycles. The minimum absolute atomic E-state index is 0.327. The Balaban J connectivity index is 1.94.